The molecule has 90 valence electrons. The fourth-order valence-electron chi connectivity index (χ4n) is 2.33. The average Bonchev–Trinajstić information content (AvgIpc) is 2.84. The molecule has 3 N–H and O–H groups in total. The van der Waals surface area contributed by atoms with Gasteiger partial charge in [-0.3, -0.25) is 11.3 Å². The third-order valence-electron chi connectivity index (χ3n) is 3.37. The molecule has 3 nitrogen and oxygen atoms in total. The van der Waals surface area contributed by atoms with Crippen molar-refractivity contribution in [2.24, 2.45) is 11.8 Å². The highest BCUT2D eigenvalue weighted by molar-refractivity contribution is 7.07. The SMILES string of the molecule is NNC(CCc1ccsc1)C1CCOCC1. The van der Waals surface area contributed by atoms with E-state index in [2.05, 4.69) is 22.3 Å². The zero-order chi connectivity index (χ0) is 11.2. The first kappa shape index (κ1) is 12.0. The number of rotatable bonds is 5. The molecule has 1 aromatic rings. The molecule has 0 saturated carbocycles. The molecule has 1 atom stereocenters. The van der Waals surface area contributed by atoms with Gasteiger partial charge in [-0.15, -0.1) is 0 Å². The number of hydrogen-bond acceptors (Lipinski definition) is 4. The maximum absolute atomic E-state index is 5.65. The first-order chi connectivity index (χ1) is 7.90. The summed E-state index contributed by atoms with van der Waals surface area (Å²) < 4.78 is 5.38. The van der Waals surface area contributed by atoms with Crippen LogP contribution in [0, 0.1) is 5.92 Å². The summed E-state index contributed by atoms with van der Waals surface area (Å²) in [6, 6.07) is 2.63. The van der Waals surface area contributed by atoms with Crippen LogP contribution in [0.25, 0.3) is 0 Å². The normalized spacial score (nSPS) is 19.8. The van der Waals surface area contributed by atoms with Crippen LogP contribution in [0.15, 0.2) is 16.8 Å². The Morgan fingerprint density at radius 2 is 2.31 bits per heavy atom. The van der Waals surface area contributed by atoms with Crippen molar-refractivity contribution in [1.29, 1.82) is 0 Å². The third-order valence-corrected chi connectivity index (χ3v) is 4.11. The zero-order valence-corrected chi connectivity index (χ0v) is 10.3. The van der Waals surface area contributed by atoms with E-state index in [4.69, 9.17) is 10.6 Å². The molecule has 0 bridgehead atoms. The number of hydrogen-bond donors (Lipinski definition) is 2. The molecule has 2 heterocycles. The molecule has 4 heteroatoms. The minimum absolute atomic E-state index is 0.434. The molecule has 0 amide bonds. The summed E-state index contributed by atoms with van der Waals surface area (Å²) in [7, 11) is 0. The lowest BCUT2D eigenvalue weighted by Gasteiger charge is -2.29. The molecule has 1 unspecified atom stereocenters. The second-order valence-corrected chi connectivity index (χ2v) is 5.17. The molecule has 1 aliphatic rings. The van der Waals surface area contributed by atoms with Gasteiger partial charge in [0.05, 0.1) is 0 Å². The summed E-state index contributed by atoms with van der Waals surface area (Å²) in [6.07, 6.45) is 4.52. The second-order valence-electron chi connectivity index (χ2n) is 4.39. The van der Waals surface area contributed by atoms with Gasteiger partial charge in [-0.1, -0.05) is 0 Å². The number of hydrazine groups is 1. The predicted molar refractivity (Wildman–Crippen MR) is 67.3 cm³/mol. The summed E-state index contributed by atoms with van der Waals surface area (Å²) in [4.78, 5) is 0. The first-order valence-electron chi connectivity index (χ1n) is 5.95. The maximum atomic E-state index is 5.65. The molecular formula is C12H20N2OS. The van der Waals surface area contributed by atoms with Crippen LogP contribution in [-0.4, -0.2) is 19.3 Å². The molecule has 1 aromatic heterocycles. The Morgan fingerprint density at radius 1 is 1.50 bits per heavy atom. The van der Waals surface area contributed by atoms with Crippen molar-refractivity contribution in [3.05, 3.63) is 22.4 Å². The van der Waals surface area contributed by atoms with E-state index >= 15 is 0 Å². The van der Waals surface area contributed by atoms with Gasteiger partial charge in [0.25, 0.3) is 0 Å². The summed E-state index contributed by atoms with van der Waals surface area (Å²) in [5.41, 5.74) is 4.41. The number of nitrogens with one attached hydrogen (secondary N) is 1. The molecule has 1 fully saturated rings. The lowest BCUT2D eigenvalue weighted by atomic mass is 9.89. The quantitative estimate of drug-likeness (QED) is 0.611. The highest BCUT2D eigenvalue weighted by Gasteiger charge is 2.22. The van der Waals surface area contributed by atoms with E-state index in [0.717, 1.165) is 38.9 Å². The minimum Gasteiger partial charge on any atom is -0.381 e. The van der Waals surface area contributed by atoms with Crippen LogP contribution in [0.4, 0.5) is 0 Å². The second kappa shape index (κ2) is 6.35. The standard InChI is InChI=1S/C12H20N2OS/c13-14-12(11-3-6-15-7-4-11)2-1-10-5-8-16-9-10/h5,8-9,11-12,14H,1-4,6-7,13H2. The molecule has 16 heavy (non-hydrogen) atoms. The Balaban J connectivity index is 1.80. The van der Waals surface area contributed by atoms with Crippen molar-refractivity contribution in [3.63, 3.8) is 0 Å². The van der Waals surface area contributed by atoms with Gasteiger partial charge in [0.1, 0.15) is 0 Å². The van der Waals surface area contributed by atoms with Gasteiger partial charge in [-0.25, -0.2) is 0 Å². The van der Waals surface area contributed by atoms with Crippen molar-refractivity contribution in [3.8, 4) is 0 Å². The summed E-state index contributed by atoms with van der Waals surface area (Å²) in [6.45, 7) is 1.78. The predicted octanol–water partition coefficient (Wildman–Crippen LogP) is 1.94. The van der Waals surface area contributed by atoms with Crippen LogP contribution >= 0.6 is 11.3 Å². The van der Waals surface area contributed by atoms with E-state index in [1.165, 1.54) is 5.56 Å². The van der Waals surface area contributed by atoms with Gasteiger partial charge in [-0.2, -0.15) is 11.3 Å². The van der Waals surface area contributed by atoms with E-state index in [1.54, 1.807) is 11.3 Å². The summed E-state index contributed by atoms with van der Waals surface area (Å²) >= 11 is 1.76. The molecule has 2 rings (SSSR count). The van der Waals surface area contributed by atoms with Crippen LogP contribution in [0.3, 0.4) is 0 Å². The fourth-order valence-corrected chi connectivity index (χ4v) is 3.03. The third kappa shape index (κ3) is 3.28. The van der Waals surface area contributed by atoms with Crippen molar-refractivity contribution in [2.75, 3.05) is 13.2 Å². The molecule has 0 radical (unpaired) electrons. The number of thiophene rings is 1. The van der Waals surface area contributed by atoms with Crippen LogP contribution in [-0.2, 0) is 11.2 Å². The van der Waals surface area contributed by atoms with Gasteiger partial charge in [-0.05, 0) is 54.0 Å². The van der Waals surface area contributed by atoms with Crippen LogP contribution in [0.5, 0.6) is 0 Å². The lowest BCUT2D eigenvalue weighted by Crippen LogP contribution is -2.43. The molecular weight excluding hydrogens is 220 g/mol. The van der Waals surface area contributed by atoms with Crippen LogP contribution in [0.1, 0.15) is 24.8 Å². The van der Waals surface area contributed by atoms with E-state index < -0.39 is 0 Å². The summed E-state index contributed by atoms with van der Waals surface area (Å²) in [5.74, 6) is 6.33. The molecule has 1 aliphatic heterocycles. The average molecular weight is 240 g/mol. The Labute approximate surface area is 101 Å². The lowest BCUT2D eigenvalue weighted by molar-refractivity contribution is 0.0526. The molecule has 0 spiro atoms. The highest BCUT2D eigenvalue weighted by atomic mass is 32.1. The van der Waals surface area contributed by atoms with Crippen molar-refractivity contribution in [1.82, 2.24) is 5.43 Å². The Kier molecular flexibility index (Phi) is 4.78. The number of ether oxygens (including phenoxy) is 1. The van der Waals surface area contributed by atoms with Gasteiger partial charge in [0, 0.05) is 19.3 Å². The molecule has 1 saturated heterocycles. The molecule has 0 aliphatic carbocycles. The Morgan fingerprint density at radius 3 is 2.94 bits per heavy atom. The van der Waals surface area contributed by atoms with Gasteiger partial charge in [0.15, 0.2) is 0 Å². The van der Waals surface area contributed by atoms with Crippen LogP contribution in [0.2, 0.25) is 0 Å². The Bertz CT molecular complexity index is 283. The van der Waals surface area contributed by atoms with Gasteiger partial charge < -0.3 is 4.74 Å². The number of nitrogens with two attached hydrogens (primary N) is 1. The largest absolute Gasteiger partial charge is 0.381 e. The monoisotopic (exact) mass is 240 g/mol. The topological polar surface area (TPSA) is 47.3 Å². The zero-order valence-electron chi connectivity index (χ0n) is 9.52. The number of aryl methyl sites for hydroxylation is 1. The molecule has 0 aromatic carbocycles. The summed E-state index contributed by atoms with van der Waals surface area (Å²) in [5, 5.41) is 4.35. The smallest absolute Gasteiger partial charge is 0.0469 e. The first-order valence-corrected chi connectivity index (χ1v) is 6.89. The van der Waals surface area contributed by atoms with Crippen LogP contribution < -0.4 is 11.3 Å². The van der Waals surface area contributed by atoms with Crippen molar-refractivity contribution in [2.45, 2.75) is 31.7 Å². The minimum atomic E-state index is 0.434. The highest BCUT2D eigenvalue weighted by Crippen LogP contribution is 2.22. The van der Waals surface area contributed by atoms with Crippen molar-refractivity contribution >= 4 is 11.3 Å². The maximum Gasteiger partial charge on any atom is 0.0469 e. The van der Waals surface area contributed by atoms with Crippen molar-refractivity contribution < 1.29 is 4.74 Å². The van der Waals surface area contributed by atoms with E-state index in [-0.39, 0.29) is 0 Å². The van der Waals surface area contributed by atoms with E-state index in [0.29, 0.717) is 12.0 Å². The Hall–Kier alpha value is -0.420. The van der Waals surface area contributed by atoms with Gasteiger partial charge >= 0.3 is 0 Å². The van der Waals surface area contributed by atoms with E-state index in [9.17, 15) is 0 Å². The van der Waals surface area contributed by atoms with E-state index in [1.807, 2.05) is 0 Å². The fraction of sp³-hybridized carbons (Fsp3) is 0.667. The van der Waals surface area contributed by atoms with Gasteiger partial charge in [0.2, 0.25) is 0 Å².